The predicted octanol–water partition coefficient (Wildman–Crippen LogP) is 1.11. The molecule has 0 aromatic heterocycles. The fourth-order valence-corrected chi connectivity index (χ4v) is 7.10. The molecule has 1 amide bonds. The number of Topliss-reactive ketones (excluding diaryl/α,β-unsaturated/α-hetero) is 2. The summed E-state index contributed by atoms with van der Waals surface area (Å²) in [5.74, 6) is -7.33. The maximum atomic E-state index is 14.1. The molecule has 2 unspecified atom stereocenters. The quantitative estimate of drug-likeness (QED) is 0.179. The van der Waals surface area contributed by atoms with Crippen molar-refractivity contribution in [3.05, 3.63) is 75.1 Å². The molecule has 13 heteroatoms. The molecule has 0 aliphatic heterocycles. The van der Waals surface area contributed by atoms with Crippen molar-refractivity contribution in [3.63, 3.8) is 0 Å². The number of nitrogens with one attached hydrogen (secondary N) is 1. The molecule has 2 aromatic rings. The Balaban J connectivity index is 1.55. The van der Waals surface area contributed by atoms with Gasteiger partial charge in [0, 0.05) is 49.9 Å². The molecule has 46 heavy (non-hydrogen) atoms. The van der Waals surface area contributed by atoms with E-state index in [1.807, 2.05) is 19.0 Å². The average Bonchev–Trinajstić information content (AvgIpc) is 2.99. The normalized spacial score (nSPS) is 24.0. The van der Waals surface area contributed by atoms with E-state index >= 15 is 0 Å². The highest BCUT2D eigenvalue weighted by atomic mass is 16.5. The number of carbonyl (C=O) groups excluding carboxylic acids is 4. The Morgan fingerprint density at radius 2 is 1.72 bits per heavy atom. The number of likely N-dealkylation sites (N-methyl/N-ethyl adjacent to an activating group) is 1. The van der Waals surface area contributed by atoms with Gasteiger partial charge in [0.15, 0.2) is 11.4 Å². The van der Waals surface area contributed by atoms with Crippen LogP contribution in [0.15, 0.2) is 47.2 Å². The van der Waals surface area contributed by atoms with Gasteiger partial charge in [-0.05, 0) is 62.2 Å². The third-order valence-electron chi connectivity index (χ3n) is 9.28. The topological polar surface area (TPSA) is 203 Å². The number of anilines is 1. The molecule has 0 saturated heterocycles. The molecule has 0 spiro atoms. The smallest absolute Gasteiger partial charge is 0.337 e. The van der Waals surface area contributed by atoms with Crippen LogP contribution in [-0.4, -0.2) is 95.7 Å². The van der Waals surface area contributed by atoms with Gasteiger partial charge in [-0.15, -0.1) is 0 Å². The van der Waals surface area contributed by atoms with Crippen LogP contribution in [-0.2, 0) is 38.6 Å². The van der Waals surface area contributed by atoms with Crippen LogP contribution in [0.2, 0.25) is 0 Å². The minimum Gasteiger partial charge on any atom is -0.508 e. The van der Waals surface area contributed by atoms with E-state index in [0.29, 0.717) is 28.9 Å². The number of nitrogens with zero attached hydrogens (tertiary/aromatic N) is 2. The number of ether oxygens (including phenoxy) is 1. The summed E-state index contributed by atoms with van der Waals surface area (Å²) in [7, 11) is 8.04. The number of benzene rings is 2. The highest BCUT2D eigenvalue weighted by Gasteiger charge is 2.64. The van der Waals surface area contributed by atoms with E-state index in [2.05, 4.69) is 5.32 Å². The first kappa shape index (κ1) is 32.7. The Morgan fingerprint density at radius 1 is 1.07 bits per heavy atom. The molecule has 4 atom stereocenters. The fraction of sp³-hybridized carbons (Fsp3) is 0.394. The van der Waals surface area contributed by atoms with Crippen LogP contribution in [0.25, 0.3) is 5.76 Å². The van der Waals surface area contributed by atoms with Crippen molar-refractivity contribution in [1.29, 1.82) is 0 Å². The molecule has 0 radical (unpaired) electrons. The number of hydrogen-bond acceptors (Lipinski definition) is 12. The lowest BCUT2D eigenvalue weighted by Gasteiger charge is -2.50. The first-order chi connectivity index (χ1) is 21.6. The molecular formula is C33H38N4O9. The number of methoxy groups -OCH3 is 1. The number of fused-ring (bicyclic) bond motifs is 3. The molecular weight excluding hydrogens is 596 g/mol. The standard InChI is InChI=1S/C33H38N4O9/c1-36(2)21-12-18(14-35-13-15-6-8-16(9-7-15)32(44)46-5)26(38)23-19(21)10-17-11-20-25(37(3)4)28(40)24(31(34)43)30(42)33(20,45)29(41)22(17)27(23)39/h6-9,12,17,20,25,35,38-39,42,45H,10-11,13-14H2,1-5H3,(H2,34,43)/t17?,20?,25-,33-/m0/s1. The maximum Gasteiger partial charge on any atom is 0.337 e. The second-order valence-electron chi connectivity index (χ2n) is 12.4. The number of hydrogen-bond donors (Lipinski definition) is 6. The number of amides is 1. The van der Waals surface area contributed by atoms with Gasteiger partial charge in [-0.25, -0.2) is 4.79 Å². The van der Waals surface area contributed by atoms with Crippen LogP contribution < -0.4 is 16.0 Å². The van der Waals surface area contributed by atoms with Gasteiger partial charge in [0.25, 0.3) is 5.91 Å². The van der Waals surface area contributed by atoms with Gasteiger partial charge in [-0.1, -0.05) is 12.1 Å². The summed E-state index contributed by atoms with van der Waals surface area (Å²) in [6.45, 7) is 0.555. The lowest BCUT2D eigenvalue weighted by molar-refractivity contribution is -0.153. The van der Waals surface area contributed by atoms with E-state index in [-0.39, 0.29) is 36.3 Å². The number of rotatable bonds is 8. The summed E-state index contributed by atoms with van der Waals surface area (Å²) in [5, 5.41) is 49.3. The minimum atomic E-state index is -2.70. The molecule has 13 nitrogen and oxygen atoms in total. The molecule has 244 valence electrons. The Morgan fingerprint density at radius 3 is 2.28 bits per heavy atom. The second kappa shape index (κ2) is 11.9. The van der Waals surface area contributed by atoms with Crippen molar-refractivity contribution in [3.8, 4) is 5.75 Å². The van der Waals surface area contributed by atoms with Gasteiger partial charge in [-0.3, -0.25) is 19.3 Å². The zero-order chi connectivity index (χ0) is 33.8. The molecule has 2 aromatic carbocycles. The Labute approximate surface area is 265 Å². The Bertz CT molecular complexity index is 1710. The van der Waals surface area contributed by atoms with Gasteiger partial charge in [0.05, 0.1) is 24.3 Å². The number of aliphatic hydroxyl groups is 3. The lowest BCUT2D eigenvalue weighted by atomic mass is 9.57. The van der Waals surface area contributed by atoms with Crippen LogP contribution >= 0.6 is 0 Å². The van der Waals surface area contributed by atoms with Crippen molar-refractivity contribution in [2.45, 2.75) is 37.6 Å². The van der Waals surface area contributed by atoms with Crippen molar-refractivity contribution < 1.29 is 44.3 Å². The van der Waals surface area contributed by atoms with Crippen LogP contribution in [0, 0.1) is 11.8 Å². The van der Waals surface area contributed by atoms with Crippen LogP contribution in [0.1, 0.15) is 39.0 Å². The van der Waals surface area contributed by atoms with E-state index < -0.39 is 64.0 Å². The molecule has 3 aliphatic carbocycles. The molecule has 0 heterocycles. The molecule has 1 saturated carbocycles. The number of phenolic OH excluding ortho intramolecular Hbond substituents is 1. The number of esters is 1. The maximum absolute atomic E-state index is 14.1. The second-order valence-corrected chi connectivity index (χ2v) is 12.4. The first-order valence-electron chi connectivity index (χ1n) is 14.7. The van der Waals surface area contributed by atoms with E-state index in [1.54, 1.807) is 44.4 Å². The minimum absolute atomic E-state index is 0.0114. The third kappa shape index (κ3) is 5.00. The number of aliphatic hydroxyl groups excluding tert-OH is 2. The van der Waals surface area contributed by atoms with Crippen molar-refractivity contribution in [2.24, 2.45) is 17.6 Å². The van der Waals surface area contributed by atoms with E-state index in [9.17, 15) is 39.6 Å². The number of phenols is 1. The summed E-state index contributed by atoms with van der Waals surface area (Å²) >= 11 is 0. The van der Waals surface area contributed by atoms with Gasteiger partial charge in [-0.2, -0.15) is 0 Å². The van der Waals surface area contributed by atoms with Crippen LogP contribution in [0.4, 0.5) is 5.69 Å². The number of aromatic hydroxyl groups is 1. The Kier molecular flexibility index (Phi) is 8.45. The summed E-state index contributed by atoms with van der Waals surface area (Å²) in [6, 6.07) is 7.48. The third-order valence-corrected chi connectivity index (χ3v) is 9.28. The van der Waals surface area contributed by atoms with Gasteiger partial charge in [0.1, 0.15) is 22.8 Å². The lowest BCUT2D eigenvalue weighted by Crippen LogP contribution is -2.65. The van der Waals surface area contributed by atoms with E-state index in [1.165, 1.54) is 12.0 Å². The molecule has 5 rings (SSSR count). The summed E-state index contributed by atoms with van der Waals surface area (Å²) in [6.07, 6.45) is 0.202. The largest absolute Gasteiger partial charge is 0.508 e. The van der Waals surface area contributed by atoms with E-state index in [0.717, 1.165) is 5.56 Å². The van der Waals surface area contributed by atoms with Crippen LogP contribution in [0.5, 0.6) is 5.75 Å². The highest BCUT2D eigenvalue weighted by molar-refractivity contribution is 6.24. The summed E-state index contributed by atoms with van der Waals surface area (Å²) < 4.78 is 4.73. The van der Waals surface area contributed by atoms with E-state index in [4.69, 9.17) is 10.5 Å². The summed E-state index contributed by atoms with van der Waals surface area (Å²) in [5.41, 5.74) is 4.64. The predicted molar refractivity (Wildman–Crippen MR) is 167 cm³/mol. The number of ketones is 2. The first-order valence-corrected chi connectivity index (χ1v) is 14.7. The van der Waals surface area contributed by atoms with Crippen molar-refractivity contribution >= 4 is 34.9 Å². The fourth-order valence-electron chi connectivity index (χ4n) is 7.10. The van der Waals surface area contributed by atoms with Crippen LogP contribution in [0.3, 0.4) is 0 Å². The summed E-state index contributed by atoms with van der Waals surface area (Å²) in [4.78, 5) is 54.7. The molecule has 1 fully saturated rings. The van der Waals surface area contributed by atoms with Gasteiger partial charge >= 0.3 is 5.97 Å². The number of primary amides is 1. The molecule has 3 aliphatic rings. The SMILES string of the molecule is COC(=O)c1ccc(CNCc2cc(N(C)C)c3c(c2O)C(O)=C2C(=O)[C@]4(O)C(O)=C(C(N)=O)C(=O)[C@@H](N(C)C)C4CC2C3)cc1. The zero-order valence-electron chi connectivity index (χ0n) is 26.2. The highest BCUT2D eigenvalue weighted by Crippen LogP contribution is 2.54. The van der Waals surface area contributed by atoms with Crippen molar-refractivity contribution in [1.82, 2.24) is 10.2 Å². The van der Waals surface area contributed by atoms with Crippen molar-refractivity contribution in [2.75, 3.05) is 40.2 Å². The number of nitrogens with two attached hydrogens (primary N) is 1. The van der Waals surface area contributed by atoms with Gasteiger partial charge < -0.3 is 41.1 Å². The van der Waals surface area contributed by atoms with Gasteiger partial charge in [0.2, 0.25) is 5.78 Å². The molecule has 7 N–H and O–H groups in total. The zero-order valence-corrected chi connectivity index (χ0v) is 26.2. The molecule has 0 bridgehead atoms. The monoisotopic (exact) mass is 634 g/mol. The Hall–Kier alpha value is -4.72. The number of carbonyl (C=O) groups is 4. The average molecular weight is 635 g/mol.